The van der Waals surface area contributed by atoms with E-state index in [1.807, 2.05) is 4.90 Å². The molecule has 0 aromatic heterocycles. The van der Waals surface area contributed by atoms with Gasteiger partial charge in [0.05, 0.1) is 4.87 Å². The number of carbonyl (C=O) groups is 2. The molecule has 0 spiro atoms. The van der Waals surface area contributed by atoms with Gasteiger partial charge < -0.3 is 10.2 Å². The molecule has 132 valence electrons. The lowest BCUT2D eigenvalue weighted by molar-refractivity contribution is -0.138. The number of nitrogens with one attached hydrogen (secondary N) is 1. The maximum atomic E-state index is 12.9. The summed E-state index contributed by atoms with van der Waals surface area (Å²) in [5.74, 6) is 3.76. The van der Waals surface area contributed by atoms with Crippen molar-refractivity contribution in [1.82, 2.24) is 10.2 Å². The zero-order valence-electron chi connectivity index (χ0n) is 14.6. The molecule has 6 aliphatic rings. The topological polar surface area (TPSA) is 49.4 Å². The van der Waals surface area contributed by atoms with Crippen molar-refractivity contribution in [3.05, 3.63) is 0 Å². The summed E-state index contributed by atoms with van der Waals surface area (Å²) in [5, 5.41) is 3.29. The second kappa shape index (κ2) is 5.15. The van der Waals surface area contributed by atoms with Gasteiger partial charge in [-0.15, -0.1) is 11.8 Å². The van der Waals surface area contributed by atoms with Crippen LogP contribution < -0.4 is 5.32 Å². The Kier molecular flexibility index (Phi) is 3.33. The van der Waals surface area contributed by atoms with Crippen LogP contribution >= 0.6 is 11.8 Å². The van der Waals surface area contributed by atoms with Gasteiger partial charge in [0.25, 0.3) is 0 Å². The average Bonchev–Trinajstić information content (AvgIpc) is 3.01. The molecule has 4 saturated carbocycles. The van der Waals surface area contributed by atoms with Crippen LogP contribution in [0, 0.1) is 23.2 Å². The summed E-state index contributed by atoms with van der Waals surface area (Å²) in [6.45, 7) is 2.96. The molecule has 0 radical (unpaired) electrons. The van der Waals surface area contributed by atoms with Crippen LogP contribution in [0.2, 0.25) is 0 Å². The minimum Gasteiger partial charge on any atom is -0.354 e. The van der Waals surface area contributed by atoms with E-state index >= 15 is 0 Å². The molecule has 24 heavy (non-hydrogen) atoms. The standard InChI is InChI=1S/C19H28N2O2S/c1-18-3-2-16(22)21(18)15(10-24-18)17(23)20-11-19-7-12-4-13(8-19)6-14(5-12)9-19/h12-15H,2-11H2,1H3,(H,20,23)/t12?,13?,14?,15-,18-,19?/m0/s1. The number of thioether (sulfide) groups is 1. The fourth-order valence-electron chi connectivity index (χ4n) is 6.91. The van der Waals surface area contributed by atoms with Gasteiger partial charge in [-0.25, -0.2) is 0 Å². The van der Waals surface area contributed by atoms with Crippen molar-refractivity contribution in [3.63, 3.8) is 0 Å². The Morgan fingerprint density at radius 2 is 1.83 bits per heavy atom. The van der Waals surface area contributed by atoms with Gasteiger partial charge in [-0.3, -0.25) is 9.59 Å². The molecule has 0 aromatic carbocycles. The summed E-state index contributed by atoms with van der Waals surface area (Å²) in [6.07, 6.45) is 9.75. The molecule has 6 rings (SSSR count). The molecule has 6 fully saturated rings. The van der Waals surface area contributed by atoms with Crippen LogP contribution in [-0.2, 0) is 9.59 Å². The van der Waals surface area contributed by atoms with Crippen molar-refractivity contribution < 1.29 is 9.59 Å². The summed E-state index contributed by atoms with van der Waals surface area (Å²) in [7, 11) is 0. The Labute approximate surface area is 148 Å². The van der Waals surface area contributed by atoms with Crippen LogP contribution in [0.25, 0.3) is 0 Å². The van der Waals surface area contributed by atoms with Crippen LogP contribution in [0.15, 0.2) is 0 Å². The van der Waals surface area contributed by atoms with Gasteiger partial charge >= 0.3 is 0 Å². The molecule has 2 heterocycles. The lowest BCUT2D eigenvalue weighted by atomic mass is 9.49. The number of hydrogen-bond acceptors (Lipinski definition) is 3. The number of rotatable bonds is 3. The average molecular weight is 349 g/mol. The molecule has 0 unspecified atom stereocenters. The Balaban J connectivity index is 1.26. The normalized spacial score (nSPS) is 48.9. The first-order chi connectivity index (χ1) is 11.5. The van der Waals surface area contributed by atoms with Gasteiger partial charge in [0.15, 0.2) is 0 Å². The number of carbonyl (C=O) groups excluding carboxylic acids is 2. The smallest absolute Gasteiger partial charge is 0.243 e. The Morgan fingerprint density at radius 3 is 2.46 bits per heavy atom. The molecule has 1 N–H and O–H groups in total. The van der Waals surface area contributed by atoms with Crippen molar-refractivity contribution in [2.45, 2.75) is 69.2 Å². The minimum atomic E-state index is -0.246. The number of fused-ring (bicyclic) bond motifs is 1. The molecule has 4 bridgehead atoms. The van der Waals surface area contributed by atoms with Gasteiger partial charge in [-0.05, 0) is 75.0 Å². The van der Waals surface area contributed by atoms with Gasteiger partial charge in [0.1, 0.15) is 6.04 Å². The highest BCUT2D eigenvalue weighted by molar-refractivity contribution is 8.01. The maximum Gasteiger partial charge on any atom is 0.243 e. The zero-order valence-corrected chi connectivity index (χ0v) is 15.4. The molecule has 4 aliphatic carbocycles. The van der Waals surface area contributed by atoms with Crippen molar-refractivity contribution in [1.29, 1.82) is 0 Å². The van der Waals surface area contributed by atoms with E-state index in [0.717, 1.165) is 36.5 Å². The summed E-state index contributed by atoms with van der Waals surface area (Å²) >= 11 is 1.79. The zero-order chi connectivity index (χ0) is 16.5. The van der Waals surface area contributed by atoms with E-state index in [2.05, 4.69) is 12.2 Å². The van der Waals surface area contributed by atoms with Gasteiger partial charge in [0, 0.05) is 18.7 Å². The quantitative estimate of drug-likeness (QED) is 0.853. The van der Waals surface area contributed by atoms with E-state index in [1.54, 1.807) is 11.8 Å². The van der Waals surface area contributed by atoms with Gasteiger partial charge in [0.2, 0.25) is 11.8 Å². The van der Waals surface area contributed by atoms with Crippen molar-refractivity contribution in [2.75, 3.05) is 12.3 Å². The highest BCUT2D eigenvalue weighted by Crippen LogP contribution is 2.59. The molecule has 2 aliphatic heterocycles. The van der Waals surface area contributed by atoms with E-state index in [-0.39, 0.29) is 22.7 Å². The summed E-state index contributed by atoms with van der Waals surface area (Å²) in [5.41, 5.74) is 0.370. The van der Waals surface area contributed by atoms with Gasteiger partial charge in [-0.2, -0.15) is 0 Å². The van der Waals surface area contributed by atoms with Gasteiger partial charge in [-0.1, -0.05) is 0 Å². The fraction of sp³-hybridized carbons (Fsp3) is 0.895. The van der Waals surface area contributed by atoms with E-state index in [1.165, 1.54) is 38.5 Å². The highest BCUT2D eigenvalue weighted by Gasteiger charge is 2.54. The summed E-state index contributed by atoms with van der Waals surface area (Å²) in [4.78, 5) is 26.8. The Hall–Kier alpha value is -0.710. The van der Waals surface area contributed by atoms with E-state index in [4.69, 9.17) is 0 Å². The molecule has 4 nitrogen and oxygen atoms in total. The molecule has 2 amide bonds. The fourth-order valence-corrected chi connectivity index (χ4v) is 8.35. The monoisotopic (exact) mass is 348 g/mol. The third-order valence-electron chi connectivity index (χ3n) is 7.55. The molecule has 0 aromatic rings. The first-order valence-electron chi connectivity index (χ1n) is 9.70. The number of nitrogens with zero attached hydrogens (tertiary/aromatic N) is 1. The predicted molar refractivity (Wildman–Crippen MR) is 94.3 cm³/mol. The first kappa shape index (κ1) is 15.5. The third kappa shape index (κ3) is 2.26. The van der Waals surface area contributed by atoms with Crippen LogP contribution in [0.5, 0.6) is 0 Å². The van der Waals surface area contributed by atoms with E-state index in [0.29, 0.717) is 11.8 Å². The lowest BCUT2D eigenvalue weighted by Gasteiger charge is -2.57. The third-order valence-corrected chi connectivity index (χ3v) is 9.06. The number of hydrogen-bond donors (Lipinski definition) is 1. The van der Waals surface area contributed by atoms with Crippen LogP contribution in [-0.4, -0.2) is 39.9 Å². The largest absolute Gasteiger partial charge is 0.354 e. The highest BCUT2D eigenvalue weighted by atomic mass is 32.2. The minimum absolute atomic E-state index is 0.0946. The van der Waals surface area contributed by atoms with E-state index < -0.39 is 0 Å². The van der Waals surface area contributed by atoms with Crippen molar-refractivity contribution >= 4 is 23.6 Å². The van der Waals surface area contributed by atoms with Crippen molar-refractivity contribution in [3.8, 4) is 0 Å². The van der Waals surface area contributed by atoms with Crippen molar-refractivity contribution in [2.24, 2.45) is 23.2 Å². The summed E-state index contributed by atoms with van der Waals surface area (Å²) in [6, 6.07) is -0.246. The lowest BCUT2D eigenvalue weighted by Crippen LogP contribution is -2.55. The predicted octanol–water partition coefficient (Wildman–Crippen LogP) is 2.77. The van der Waals surface area contributed by atoms with Crippen LogP contribution in [0.3, 0.4) is 0 Å². The second-order valence-electron chi connectivity index (χ2n) is 9.40. The van der Waals surface area contributed by atoms with E-state index in [9.17, 15) is 9.59 Å². The SMILES string of the molecule is C[C@]12CCC(=O)N1[C@H](C(=O)NCC13CC4CC(CC(C4)C1)C3)CS2. The molecule has 5 heteroatoms. The molecule has 2 atom stereocenters. The molecule has 2 saturated heterocycles. The molecular formula is C19H28N2O2S. The summed E-state index contributed by atoms with van der Waals surface area (Å²) < 4.78 is 0. The first-order valence-corrected chi connectivity index (χ1v) is 10.7. The maximum absolute atomic E-state index is 12.9. The molecular weight excluding hydrogens is 320 g/mol. The Bertz CT molecular complexity index is 557. The second-order valence-corrected chi connectivity index (χ2v) is 10.9. The number of amides is 2. The van der Waals surface area contributed by atoms with Crippen LogP contribution in [0.1, 0.15) is 58.3 Å². The van der Waals surface area contributed by atoms with Crippen LogP contribution in [0.4, 0.5) is 0 Å². The Morgan fingerprint density at radius 1 is 1.21 bits per heavy atom.